The number of oxime groups is 1. The molecule has 2 atom stereocenters. The first-order valence-corrected chi connectivity index (χ1v) is 10.1. The third-order valence-corrected chi connectivity index (χ3v) is 5.55. The van der Waals surface area contributed by atoms with Crippen molar-refractivity contribution >= 4 is 21.6 Å². The Balaban J connectivity index is 1.56. The summed E-state index contributed by atoms with van der Waals surface area (Å²) in [6, 6.07) is 18.6. The topological polar surface area (TPSA) is 30.8 Å². The Labute approximate surface area is 157 Å². The molecule has 0 N–H and O–H groups in total. The summed E-state index contributed by atoms with van der Waals surface area (Å²) in [4.78, 5) is 5.67. The van der Waals surface area contributed by atoms with Gasteiger partial charge in [-0.3, -0.25) is 0 Å². The molecule has 4 heteroatoms. The molecule has 0 aromatic heterocycles. The van der Waals surface area contributed by atoms with Gasteiger partial charge in [0, 0.05) is 17.3 Å². The molecule has 0 bridgehead atoms. The zero-order chi connectivity index (χ0) is 17.1. The van der Waals surface area contributed by atoms with Gasteiger partial charge in [0.15, 0.2) is 0 Å². The standard InChI is InChI=1S/C21H22BrNO2/c22-13-7-2-8-14-24-23-20-17-11-5-6-12-19(17)25-21(15-18(20)21)16-9-3-1-4-10-16/h1,3-6,9-12,18H,2,7-8,13-15H2/b23-20-. The van der Waals surface area contributed by atoms with E-state index in [1.165, 1.54) is 12.0 Å². The molecule has 0 amide bonds. The van der Waals surface area contributed by atoms with Gasteiger partial charge in [-0.05, 0) is 37.0 Å². The van der Waals surface area contributed by atoms with Gasteiger partial charge < -0.3 is 9.57 Å². The van der Waals surface area contributed by atoms with E-state index in [0.29, 0.717) is 6.61 Å². The van der Waals surface area contributed by atoms with Crippen molar-refractivity contribution in [2.24, 2.45) is 11.1 Å². The van der Waals surface area contributed by atoms with Crippen molar-refractivity contribution in [1.82, 2.24) is 0 Å². The first kappa shape index (κ1) is 16.6. The molecule has 1 aliphatic carbocycles. The third-order valence-electron chi connectivity index (χ3n) is 4.99. The summed E-state index contributed by atoms with van der Waals surface area (Å²) in [5, 5.41) is 5.59. The molecule has 130 valence electrons. The van der Waals surface area contributed by atoms with Crippen LogP contribution in [0, 0.1) is 5.92 Å². The summed E-state index contributed by atoms with van der Waals surface area (Å²) >= 11 is 3.46. The highest BCUT2D eigenvalue weighted by Crippen LogP contribution is 2.60. The molecular formula is C21H22BrNO2. The number of benzene rings is 2. The molecule has 1 heterocycles. The number of para-hydroxylation sites is 1. The summed E-state index contributed by atoms with van der Waals surface area (Å²) in [7, 11) is 0. The number of halogens is 1. The number of fused-ring (bicyclic) bond motifs is 2. The van der Waals surface area contributed by atoms with Gasteiger partial charge in [0.1, 0.15) is 18.0 Å². The molecule has 0 saturated heterocycles. The average Bonchev–Trinajstić information content (AvgIpc) is 3.40. The predicted molar refractivity (Wildman–Crippen MR) is 103 cm³/mol. The maximum atomic E-state index is 6.43. The van der Waals surface area contributed by atoms with Crippen LogP contribution in [0.2, 0.25) is 0 Å². The van der Waals surface area contributed by atoms with Crippen molar-refractivity contribution in [1.29, 1.82) is 0 Å². The second kappa shape index (κ2) is 7.20. The molecule has 3 nitrogen and oxygen atoms in total. The molecule has 4 rings (SSSR count). The van der Waals surface area contributed by atoms with Crippen molar-refractivity contribution in [3.05, 3.63) is 65.7 Å². The van der Waals surface area contributed by atoms with Gasteiger partial charge in [-0.1, -0.05) is 63.6 Å². The number of alkyl halides is 1. The first-order chi connectivity index (χ1) is 12.3. The van der Waals surface area contributed by atoms with Gasteiger partial charge in [-0.15, -0.1) is 0 Å². The minimum atomic E-state index is -0.270. The Morgan fingerprint density at radius 2 is 1.84 bits per heavy atom. The van der Waals surface area contributed by atoms with Gasteiger partial charge in [0.2, 0.25) is 0 Å². The maximum Gasteiger partial charge on any atom is 0.143 e. The van der Waals surface area contributed by atoms with E-state index >= 15 is 0 Å². The van der Waals surface area contributed by atoms with Crippen LogP contribution in [0.15, 0.2) is 59.8 Å². The lowest BCUT2D eigenvalue weighted by Gasteiger charge is -2.27. The molecule has 1 saturated carbocycles. The number of hydrogen-bond acceptors (Lipinski definition) is 3. The van der Waals surface area contributed by atoms with Crippen molar-refractivity contribution in [2.75, 3.05) is 11.9 Å². The molecular weight excluding hydrogens is 378 g/mol. The van der Waals surface area contributed by atoms with E-state index in [4.69, 9.17) is 9.57 Å². The first-order valence-electron chi connectivity index (χ1n) is 8.95. The fourth-order valence-corrected chi connectivity index (χ4v) is 3.99. The zero-order valence-electron chi connectivity index (χ0n) is 14.2. The molecule has 2 aromatic carbocycles. The molecule has 2 aromatic rings. The molecule has 0 spiro atoms. The van der Waals surface area contributed by atoms with Crippen LogP contribution in [-0.4, -0.2) is 17.6 Å². The van der Waals surface area contributed by atoms with Crippen LogP contribution in [0.4, 0.5) is 0 Å². The molecule has 25 heavy (non-hydrogen) atoms. The van der Waals surface area contributed by atoms with Gasteiger partial charge in [-0.2, -0.15) is 0 Å². The summed E-state index contributed by atoms with van der Waals surface area (Å²) < 4.78 is 6.43. The van der Waals surface area contributed by atoms with Gasteiger partial charge >= 0.3 is 0 Å². The Hall–Kier alpha value is -1.81. The van der Waals surface area contributed by atoms with Crippen molar-refractivity contribution in [3.63, 3.8) is 0 Å². The predicted octanol–water partition coefficient (Wildman–Crippen LogP) is 5.28. The third kappa shape index (κ3) is 3.20. The fraction of sp³-hybridized carbons (Fsp3) is 0.381. The van der Waals surface area contributed by atoms with E-state index in [1.54, 1.807) is 0 Å². The Morgan fingerprint density at radius 3 is 2.68 bits per heavy atom. The molecule has 1 aliphatic heterocycles. The summed E-state index contributed by atoms with van der Waals surface area (Å²) in [5.41, 5.74) is 3.05. The van der Waals surface area contributed by atoms with Crippen LogP contribution >= 0.6 is 15.9 Å². The smallest absolute Gasteiger partial charge is 0.143 e. The number of unbranched alkanes of at least 4 members (excludes halogenated alkanes) is 2. The number of hydrogen-bond donors (Lipinski definition) is 0. The van der Waals surface area contributed by atoms with Crippen LogP contribution in [-0.2, 0) is 10.4 Å². The summed E-state index contributed by atoms with van der Waals surface area (Å²) in [5.74, 6) is 1.18. The van der Waals surface area contributed by atoms with E-state index < -0.39 is 0 Å². The second-order valence-corrected chi connectivity index (χ2v) is 7.46. The Bertz CT molecular complexity index is 762. The van der Waals surface area contributed by atoms with Crippen molar-refractivity contribution in [2.45, 2.75) is 31.3 Å². The van der Waals surface area contributed by atoms with Crippen LogP contribution in [0.3, 0.4) is 0 Å². The largest absolute Gasteiger partial charge is 0.481 e. The monoisotopic (exact) mass is 399 g/mol. The van der Waals surface area contributed by atoms with E-state index in [0.717, 1.165) is 41.6 Å². The van der Waals surface area contributed by atoms with Gasteiger partial charge in [0.05, 0.1) is 11.6 Å². The number of nitrogens with zero attached hydrogens (tertiary/aromatic N) is 1. The second-order valence-electron chi connectivity index (χ2n) is 6.67. The Morgan fingerprint density at radius 1 is 1.04 bits per heavy atom. The van der Waals surface area contributed by atoms with Gasteiger partial charge in [-0.25, -0.2) is 0 Å². The van der Waals surface area contributed by atoms with E-state index in [9.17, 15) is 0 Å². The maximum absolute atomic E-state index is 6.43. The lowest BCUT2D eigenvalue weighted by molar-refractivity contribution is 0.133. The zero-order valence-corrected chi connectivity index (χ0v) is 15.7. The minimum Gasteiger partial charge on any atom is -0.481 e. The van der Waals surface area contributed by atoms with Crippen LogP contribution < -0.4 is 4.74 Å². The quantitative estimate of drug-likeness (QED) is 0.360. The number of rotatable bonds is 7. The average molecular weight is 400 g/mol. The van der Waals surface area contributed by atoms with Crippen LogP contribution in [0.1, 0.15) is 36.8 Å². The van der Waals surface area contributed by atoms with E-state index in [2.05, 4.69) is 51.4 Å². The summed E-state index contributed by atoms with van der Waals surface area (Å²) in [6.07, 6.45) is 4.33. The van der Waals surface area contributed by atoms with E-state index in [1.807, 2.05) is 24.3 Å². The SMILES string of the molecule is BrCCCCCO/N=C1/c2ccccc2OC2(c3ccccc3)CC12. The molecule has 2 unspecified atom stereocenters. The number of ether oxygens (including phenoxy) is 1. The highest BCUT2D eigenvalue weighted by molar-refractivity contribution is 9.09. The summed E-state index contributed by atoms with van der Waals surface area (Å²) in [6.45, 7) is 0.671. The van der Waals surface area contributed by atoms with Gasteiger partial charge in [0.25, 0.3) is 0 Å². The Kier molecular flexibility index (Phi) is 4.80. The fourth-order valence-electron chi connectivity index (χ4n) is 3.59. The normalized spacial score (nSPS) is 25.0. The molecule has 0 radical (unpaired) electrons. The molecule has 1 fully saturated rings. The van der Waals surface area contributed by atoms with Crippen LogP contribution in [0.25, 0.3) is 0 Å². The lowest BCUT2D eigenvalue weighted by atomic mass is 9.96. The van der Waals surface area contributed by atoms with Crippen LogP contribution in [0.5, 0.6) is 5.75 Å². The molecule has 2 aliphatic rings. The highest BCUT2D eigenvalue weighted by Gasteiger charge is 2.64. The lowest BCUT2D eigenvalue weighted by Crippen LogP contribution is -2.28. The van der Waals surface area contributed by atoms with E-state index in [-0.39, 0.29) is 11.5 Å². The minimum absolute atomic E-state index is 0.270. The van der Waals surface area contributed by atoms with Crippen molar-refractivity contribution < 1.29 is 9.57 Å². The van der Waals surface area contributed by atoms with Crippen molar-refractivity contribution in [3.8, 4) is 5.75 Å². The highest BCUT2D eigenvalue weighted by atomic mass is 79.9.